The summed E-state index contributed by atoms with van der Waals surface area (Å²) in [5.41, 5.74) is 3.76. The Bertz CT molecular complexity index is 1380. The van der Waals surface area contributed by atoms with E-state index < -0.39 is 12.2 Å². The predicted molar refractivity (Wildman–Crippen MR) is 132 cm³/mol. The number of hydrogen-bond acceptors (Lipinski definition) is 3. The summed E-state index contributed by atoms with van der Waals surface area (Å²) in [6.45, 7) is 0. The molecule has 4 aromatic rings. The highest BCUT2D eigenvalue weighted by Crippen LogP contribution is 2.27. The van der Waals surface area contributed by atoms with Gasteiger partial charge in [0.05, 0.1) is 17.1 Å². The summed E-state index contributed by atoms with van der Waals surface area (Å²) in [4.78, 5) is 32.5. The monoisotopic (exact) mass is 434 g/mol. The van der Waals surface area contributed by atoms with Gasteiger partial charge in [0, 0.05) is 23.6 Å². The number of rotatable bonds is 3. The molecule has 0 bridgehead atoms. The van der Waals surface area contributed by atoms with Crippen LogP contribution in [0, 0.1) is 0 Å². The number of anilines is 2. The van der Waals surface area contributed by atoms with Gasteiger partial charge < -0.3 is 15.5 Å². The van der Waals surface area contributed by atoms with Crippen LogP contribution in [-0.2, 0) is 4.79 Å². The van der Waals surface area contributed by atoms with E-state index in [9.17, 15) is 9.59 Å². The molecule has 6 nitrogen and oxygen atoms in total. The zero-order chi connectivity index (χ0) is 22.8. The van der Waals surface area contributed by atoms with Crippen LogP contribution in [0.4, 0.5) is 16.2 Å². The third-order valence-electron chi connectivity index (χ3n) is 5.70. The number of nitrogens with one attached hydrogen (secondary N) is 2. The highest BCUT2D eigenvalue weighted by atomic mass is 16.2. The second kappa shape index (κ2) is 8.59. The molecule has 0 unspecified atom stereocenters. The Morgan fingerprint density at radius 3 is 2.39 bits per heavy atom. The van der Waals surface area contributed by atoms with Gasteiger partial charge in [-0.1, -0.05) is 84.9 Å². The SMILES string of the molecule is CN1C(=O)[C@@H](NC(=O)Nc2cccc3ccccc23)N=C(c2ccccc2)c2ccccc21. The van der Waals surface area contributed by atoms with Gasteiger partial charge in [0.2, 0.25) is 6.17 Å². The molecule has 3 amide bonds. The number of urea groups is 1. The van der Waals surface area contributed by atoms with Crippen LogP contribution in [0.2, 0.25) is 0 Å². The molecule has 0 radical (unpaired) electrons. The molecular weight excluding hydrogens is 412 g/mol. The van der Waals surface area contributed by atoms with Crippen LogP contribution >= 0.6 is 0 Å². The smallest absolute Gasteiger partial charge is 0.311 e. The number of fused-ring (bicyclic) bond motifs is 2. The molecule has 162 valence electrons. The molecule has 33 heavy (non-hydrogen) atoms. The van der Waals surface area contributed by atoms with Gasteiger partial charge in [-0.15, -0.1) is 0 Å². The zero-order valence-corrected chi connectivity index (χ0v) is 18.0. The first-order valence-corrected chi connectivity index (χ1v) is 10.7. The van der Waals surface area contributed by atoms with E-state index in [0.29, 0.717) is 11.4 Å². The molecule has 0 saturated heterocycles. The summed E-state index contributed by atoms with van der Waals surface area (Å²) >= 11 is 0. The molecule has 4 aromatic carbocycles. The molecule has 0 fully saturated rings. The van der Waals surface area contributed by atoms with Crippen LogP contribution in [0.1, 0.15) is 11.1 Å². The maximum atomic E-state index is 13.3. The topological polar surface area (TPSA) is 73.8 Å². The Balaban J connectivity index is 1.49. The molecule has 1 heterocycles. The lowest BCUT2D eigenvalue weighted by atomic mass is 10.0. The molecule has 1 atom stereocenters. The molecule has 6 heteroatoms. The van der Waals surface area contributed by atoms with Crippen molar-refractivity contribution in [3.05, 3.63) is 108 Å². The number of carbonyl (C=O) groups is 2. The minimum absolute atomic E-state index is 0.318. The minimum atomic E-state index is -1.08. The fourth-order valence-electron chi connectivity index (χ4n) is 4.06. The Morgan fingerprint density at radius 1 is 0.848 bits per heavy atom. The van der Waals surface area contributed by atoms with Crippen molar-refractivity contribution in [1.29, 1.82) is 0 Å². The lowest BCUT2D eigenvalue weighted by molar-refractivity contribution is -0.119. The van der Waals surface area contributed by atoms with Gasteiger partial charge in [-0.25, -0.2) is 9.79 Å². The summed E-state index contributed by atoms with van der Waals surface area (Å²) in [7, 11) is 1.70. The van der Waals surface area contributed by atoms with E-state index in [1.54, 1.807) is 7.05 Å². The van der Waals surface area contributed by atoms with E-state index in [1.807, 2.05) is 97.1 Å². The highest BCUT2D eigenvalue weighted by Gasteiger charge is 2.31. The lowest BCUT2D eigenvalue weighted by Gasteiger charge is -2.21. The largest absolute Gasteiger partial charge is 0.321 e. The standard InChI is InChI=1S/C27H22N4O2/c1-31-23-17-8-7-15-21(23)24(19-11-3-2-4-12-19)29-25(26(31)32)30-27(33)28-22-16-9-13-18-10-5-6-14-20(18)22/h2-17,25H,1H3,(H2,28,30,33)/t25-/m1/s1. The number of amides is 3. The predicted octanol–water partition coefficient (Wildman–Crippen LogP) is 4.80. The second-order valence-corrected chi connectivity index (χ2v) is 7.79. The van der Waals surface area contributed by atoms with Crippen molar-refractivity contribution in [2.45, 2.75) is 6.17 Å². The van der Waals surface area contributed by atoms with Crippen molar-refractivity contribution in [2.24, 2.45) is 4.99 Å². The molecule has 2 N–H and O–H groups in total. The van der Waals surface area contributed by atoms with Gasteiger partial charge >= 0.3 is 6.03 Å². The number of hydrogen-bond donors (Lipinski definition) is 2. The highest BCUT2D eigenvalue weighted by molar-refractivity contribution is 6.20. The number of likely N-dealkylation sites (N-methyl/N-ethyl adjacent to an activating group) is 1. The average molecular weight is 434 g/mol. The van der Waals surface area contributed by atoms with Crippen molar-refractivity contribution < 1.29 is 9.59 Å². The third-order valence-corrected chi connectivity index (χ3v) is 5.70. The quantitative estimate of drug-likeness (QED) is 0.486. The Labute approximate surface area is 191 Å². The average Bonchev–Trinajstić information content (AvgIpc) is 2.95. The van der Waals surface area contributed by atoms with Gasteiger partial charge in [0.1, 0.15) is 0 Å². The van der Waals surface area contributed by atoms with Crippen LogP contribution in [0.15, 0.2) is 102 Å². The lowest BCUT2D eigenvalue weighted by Crippen LogP contribution is -2.47. The van der Waals surface area contributed by atoms with Gasteiger partial charge in [-0.05, 0) is 17.5 Å². The summed E-state index contributed by atoms with van der Waals surface area (Å²) in [6.07, 6.45) is -1.08. The second-order valence-electron chi connectivity index (χ2n) is 7.79. The first-order chi connectivity index (χ1) is 16.1. The van der Waals surface area contributed by atoms with E-state index in [1.165, 1.54) is 4.90 Å². The van der Waals surface area contributed by atoms with E-state index >= 15 is 0 Å². The van der Waals surface area contributed by atoms with Gasteiger partial charge in [-0.2, -0.15) is 0 Å². The van der Waals surface area contributed by atoms with Crippen LogP contribution in [0.5, 0.6) is 0 Å². The number of nitrogens with zero attached hydrogens (tertiary/aromatic N) is 2. The van der Waals surface area contributed by atoms with E-state index in [2.05, 4.69) is 10.6 Å². The Morgan fingerprint density at radius 2 is 1.55 bits per heavy atom. The summed E-state index contributed by atoms with van der Waals surface area (Å²) in [6, 6.07) is 30.3. The molecule has 1 aliphatic heterocycles. The van der Waals surface area contributed by atoms with E-state index in [-0.39, 0.29) is 5.91 Å². The van der Waals surface area contributed by atoms with Crippen molar-refractivity contribution in [1.82, 2.24) is 5.32 Å². The van der Waals surface area contributed by atoms with Crippen molar-refractivity contribution in [2.75, 3.05) is 17.3 Å². The number of benzene rings is 4. The fraction of sp³-hybridized carbons (Fsp3) is 0.0741. The maximum absolute atomic E-state index is 13.3. The summed E-state index contributed by atoms with van der Waals surface area (Å²) in [5.74, 6) is -0.318. The van der Waals surface area contributed by atoms with Crippen molar-refractivity contribution >= 4 is 39.8 Å². The molecular formula is C27H22N4O2. The van der Waals surface area contributed by atoms with Crippen LogP contribution in [-0.4, -0.2) is 30.9 Å². The van der Waals surface area contributed by atoms with Crippen molar-refractivity contribution in [3.8, 4) is 0 Å². The third kappa shape index (κ3) is 3.94. The first kappa shape index (κ1) is 20.5. The normalized spacial score (nSPS) is 15.4. The van der Waals surface area contributed by atoms with E-state index in [0.717, 1.165) is 27.6 Å². The molecule has 0 spiro atoms. The van der Waals surface area contributed by atoms with E-state index in [4.69, 9.17) is 4.99 Å². The van der Waals surface area contributed by atoms with Gasteiger partial charge in [-0.3, -0.25) is 4.79 Å². The number of aliphatic imine (C=N–C) groups is 1. The molecule has 0 saturated carbocycles. The van der Waals surface area contributed by atoms with Crippen LogP contribution < -0.4 is 15.5 Å². The van der Waals surface area contributed by atoms with Gasteiger partial charge in [0.25, 0.3) is 5.91 Å². The molecule has 1 aliphatic rings. The van der Waals surface area contributed by atoms with Crippen molar-refractivity contribution in [3.63, 3.8) is 0 Å². The van der Waals surface area contributed by atoms with Gasteiger partial charge in [0.15, 0.2) is 0 Å². The van der Waals surface area contributed by atoms with Crippen LogP contribution in [0.25, 0.3) is 10.8 Å². The number of para-hydroxylation sites is 1. The minimum Gasteiger partial charge on any atom is -0.311 e. The molecule has 0 aromatic heterocycles. The Hall–Kier alpha value is -4.45. The van der Waals surface area contributed by atoms with Crippen LogP contribution in [0.3, 0.4) is 0 Å². The zero-order valence-electron chi connectivity index (χ0n) is 18.0. The first-order valence-electron chi connectivity index (χ1n) is 10.7. The number of carbonyl (C=O) groups excluding carboxylic acids is 2. The molecule has 0 aliphatic carbocycles. The summed E-state index contributed by atoms with van der Waals surface area (Å²) in [5, 5.41) is 7.56. The maximum Gasteiger partial charge on any atom is 0.321 e. The Kier molecular flexibility index (Phi) is 5.32. The molecule has 5 rings (SSSR count). The summed E-state index contributed by atoms with van der Waals surface area (Å²) < 4.78 is 0. The fourth-order valence-corrected chi connectivity index (χ4v) is 4.06. The number of benzodiazepines with no additional fused rings is 1.